The first-order valence-corrected chi connectivity index (χ1v) is 14.7. The molecule has 0 aliphatic carbocycles. The van der Waals surface area contributed by atoms with E-state index in [0.29, 0.717) is 18.9 Å². The monoisotopic (exact) mass is 516 g/mol. The Morgan fingerprint density at radius 3 is 2.16 bits per heavy atom. The van der Waals surface area contributed by atoms with Gasteiger partial charge in [-0.05, 0) is 85.8 Å². The molecule has 3 unspecified atom stereocenters. The lowest BCUT2D eigenvalue weighted by molar-refractivity contribution is -0.151. The minimum atomic E-state index is -0.936. The Hall–Kier alpha value is -2.78. The third kappa shape index (κ3) is 8.91. The highest BCUT2D eigenvalue weighted by Crippen LogP contribution is 2.33. The van der Waals surface area contributed by atoms with E-state index in [1.165, 1.54) is 54.4 Å². The molecule has 3 heteroatoms. The van der Waals surface area contributed by atoms with E-state index in [0.717, 1.165) is 30.3 Å². The van der Waals surface area contributed by atoms with E-state index < -0.39 is 5.79 Å². The molecule has 0 bridgehead atoms. The van der Waals surface area contributed by atoms with Gasteiger partial charge in [0.25, 0.3) is 0 Å². The van der Waals surface area contributed by atoms with Gasteiger partial charge >= 0.3 is 0 Å². The van der Waals surface area contributed by atoms with E-state index in [2.05, 4.69) is 70.2 Å². The molecule has 3 atom stereocenters. The average molecular weight is 517 g/mol. The first-order chi connectivity index (χ1) is 18.4. The molecule has 0 aromatic heterocycles. The average Bonchev–Trinajstić information content (AvgIpc) is 2.97. The fraction of sp³-hybridized carbons (Fsp3) is 0.486. The van der Waals surface area contributed by atoms with Crippen molar-refractivity contribution in [2.45, 2.75) is 104 Å². The zero-order valence-electron chi connectivity index (χ0n) is 24.2. The van der Waals surface area contributed by atoms with Crippen molar-refractivity contribution in [1.82, 2.24) is 0 Å². The molecule has 206 valence electrons. The molecule has 0 saturated heterocycles. The van der Waals surface area contributed by atoms with Crippen LogP contribution in [0.2, 0.25) is 0 Å². The quantitative estimate of drug-likeness (QED) is 0.355. The van der Waals surface area contributed by atoms with E-state index in [-0.39, 0.29) is 0 Å². The molecule has 2 aliphatic heterocycles. The molecule has 0 amide bonds. The summed E-state index contributed by atoms with van der Waals surface area (Å²) in [6.07, 6.45) is 10.0. The van der Waals surface area contributed by atoms with Gasteiger partial charge in [0.15, 0.2) is 0 Å². The summed E-state index contributed by atoms with van der Waals surface area (Å²) in [6.45, 7) is 10.9. The standard InChI is InChI=1S/C13H20.C11H14O2.C11H14O/c1-4-11(2)9-10-13-8-6-5-7-12(13)3;1-2-11(12)8-7-9-5-3-4-6-10(9)13-11;1-2-10-8-7-9-5-3-4-6-11(9)12-10/h5-8,11H,4,9-10H2,1-3H3;3-6,12H,2,7-8H2,1H3;3-6,10H,2,7-8H2,1H3. The van der Waals surface area contributed by atoms with Crippen LogP contribution < -0.4 is 9.47 Å². The number of hydrogen-bond acceptors (Lipinski definition) is 3. The first kappa shape index (κ1) is 29.8. The zero-order valence-corrected chi connectivity index (χ0v) is 24.2. The van der Waals surface area contributed by atoms with Crippen LogP contribution in [0, 0.1) is 12.8 Å². The van der Waals surface area contributed by atoms with Gasteiger partial charge in [-0.3, -0.25) is 0 Å². The molecular formula is C35H48O3. The lowest BCUT2D eigenvalue weighted by Gasteiger charge is -2.33. The maximum atomic E-state index is 9.90. The van der Waals surface area contributed by atoms with Crippen molar-refractivity contribution in [3.8, 4) is 11.5 Å². The van der Waals surface area contributed by atoms with Gasteiger partial charge in [-0.15, -0.1) is 0 Å². The highest BCUT2D eigenvalue weighted by atomic mass is 16.6. The smallest absolute Gasteiger partial charge is 0.208 e. The predicted octanol–water partition coefficient (Wildman–Crippen LogP) is 8.87. The second-order valence-electron chi connectivity index (χ2n) is 10.8. The van der Waals surface area contributed by atoms with Crippen LogP contribution in [-0.2, 0) is 19.3 Å². The molecule has 3 aromatic carbocycles. The second kappa shape index (κ2) is 15.0. The topological polar surface area (TPSA) is 38.7 Å². The summed E-state index contributed by atoms with van der Waals surface area (Å²) >= 11 is 0. The van der Waals surface area contributed by atoms with Crippen molar-refractivity contribution in [2.24, 2.45) is 5.92 Å². The Labute approximate surface area is 231 Å². The Kier molecular flexibility index (Phi) is 11.7. The third-order valence-corrected chi connectivity index (χ3v) is 7.93. The maximum Gasteiger partial charge on any atom is 0.208 e. The van der Waals surface area contributed by atoms with Crippen molar-refractivity contribution < 1.29 is 14.6 Å². The van der Waals surface area contributed by atoms with Gasteiger partial charge in [0.1, 0.15) is 11.5 Å². The number of rotatable bonds is 6. The molecule has 5 rings (SSSR count). The van der Waals surface area contributed by atoms with Gasteiger partial charge in [0.2, 0.25) is 5.79 Å². The van der Waals surface area contributed by atoms with Gasteiger partial charge in [-0.25, -0.2) is 0 Å². The molecule has 2 heterocycles. The number of ether oxygens (including phenoxy) is 2. The molecule has 0 saturated carbocycles. The number of para-hydroxylation sites is 2. The highest BCUT2D eigenvalue weighted by Gasteiger charge is 2.31. The molecule has 0 radical (unpaired) electrons. The number of fused-ring (bicyclic) bond motifs is 2. The Balaban J connectivity index is 0.000000158. The third-order valence-electron chi connectivity index (χ3n) is 7.93. The van der Waals surface area contributed by atoms with Crippen LogP contribution in [0.25, 0.3) is 0 Å². The largest absolute Gasteiger partial charge is 0.490 e. The summed E-state index contributed by atoms with van der Waals surface area (Å²) in [5.74, 6) is 1.85. The van der Waals surface area contributed by atoms with Gasteiger partial charge in [0, 0.05) is 12.8 Å². The summed E-state index contributed by atoms with van der Waals surface area (Å²) < 4.78 is 11.3. The summed E-state index contributed by atoms with van der Waals surface area (Å²) in [7, 11) is 0. The van der Waals surface area contributed by atoms with Gasteiger partial charge < -0.3 is 14.6 Å². The summed E-state index contributed by atoms with van der Waals surface area (Å²) in [5.41, 5.74) is 5.51. The fourth-order valence-electron chi connectivity index (χ4n) is 4.81. The molecule has 38 heavy (non-hydrogen) atoms. The SMILES string of the molecule is CCC(C)CCc1ccccc1C.CCC1(O)CCc2ccccc2O1.CCC1CCc2ccccc2O1. The molecule has 1 N–H and O–H groups in total. The molecule has 0 fully saturated rings. The summed E-state index contributed by atoms with van der Waals surface area (Å²) in [6, 6.07) is 24.9. The van der Waals surface area contributed by atoms with E-state index in [1.54, 1.807) is 0 Å². The van der Waals surface area contributed by atoms with E-state index >= 15 is 0 Å². The van der Waals surface area contributed by atoms with Crippen molar-refractivity contribution in [2.75, 3.05) is 0 Å². The Morgan fingerprint density at radius 1 is 0.868 bits per heavy atom. The molecule has 3 aromatic rings. The Bertz CT molecular complexity index is 1110. The van der Waals surface area contributed by atoms with Crippen LogP contribution in [0.15, 0.2) is 72.8 Å². The van der Waals surface area contributed by atoms with E-state index in [9.17, 15) is 5.11 Å². The molecular weight excluding hydrogens is 468 g/mol. The molecule has 2 aliphatic rings. The molecule has 0 spiro atoms. The van der Waals surface area contributed by atoms with Crippen LogP contribution in [0.1, 0.15) is 88.5 Å². The van der Waals surface area contributed by atoms with Gasteiger partial charge in [-0.2, -0.15) is 0 Å². The normalized spacial score (nSPS) is 20.1. The first-order valence-electron chi connectivity index (χ1n) is 14.7. The number of aliphatic hydroxyl groups is 1. The van der Waals surface area contributed by atoms with E-state index in [4.69, 9.17) is 9.47 Å². The number of aryl methyl sites for hydroxylation is 4. The van der Waals surface area contributed by atoms with Crippen molar-refractivity contribution in [3.05, 3.63) is 95.1 Å². The lowest BCUT2D eigenvalue weighted by atomic mass is 9.97. The van der Waals surface area contributed by atoms with Gasteiger partial charge in [0.05, 0.1) is 6.10 Å². The van der Waals surface area contributed by atoms with Crippen LogP contribution in [-0.4, -0.2) is 17.0 Å². The number of benzene rings is 3. The van der Waals surface area contributed by atoms with Crippen LogP contribution in [0.4, 0.5) is 0 Å². The highest BCUT2D eigenvalue weighted by molar-refractivity contribution is 5.36. The van der Waals surface area contributed by atoms with E-state index in [1.807, 2.05) is 37.3 Å². The van der Waals surface area contributed by atoms with Gasteiger partial charge in [-0.1, -0.05) is 94.8 Å². The van der Waals surface area contributed by atoms with Crippen molar-refractivity contribution in [1.29, 1.82) is 0 Å². The number of hydrogen-bond donors (Lipinski definition) is 1. The maximum absolute atomic E-state index is 9.90. The second-order valence-corrected chi connectivity index (χ2v) is 10.8. The fourth-order valence-corrected chi connectivity index (χ4v) is 4.81. The van der Waals surface area contributed by atoms with Crippen LogP contribution in [0.5, 0.6) is 11.5 Å². The predicted molar refractivity (Wildman–Crippen MR) is 159 cm³/mol. The summed E-state index contributed by atoms with van der Waals surface area (Å²) in [4.78, 5) is 0. The minimum absolute atomic E-state index is 0.444. The Morgan fingerprint density at radius 2 is 1.50 bits per heavy atom. The van der Waals surface area contributed by atoms with Crippen molar-refractivity contribution in [3.63, 3.8) is 0 Å². The van der Waals surface area contributed by atoms with Crippen molar-refractivity contribution >= 4 is 0 Å². The summed E-state index contributed by atoms with van der Waals surface area (Å²) in [5, 5.41) is 9.90. The van der Waals surface area contributed by atoms with Crippen LogP contribution >= 0.6 is 0 Å². The zero-order chi connectivity index (χ0) is 27.4. The van der Waals surface area contributed by atoms with Crippen LogP contribution in [0.3, 0.4) is 0 Å². The molecule has 3 nitrogen and oxygen atoms in total. The lowest BCUT2D eigenvalue weighted by Crippen LogP contribution is -2.38. The minimum Gasteiger partial charge on any atom is -0.490 e.